The fourth-order valence-corrected chi connectivity index (χ4v) is 9.30. The van der Waals surface area contributed by atoms with Gasteiger partial charge in [0.15, 0.2) is 0 Å². The lowest BCUT2D eigenvalue weighted by Crippen LogP contribution is -2.41. The van der Waals surface area contributed by atoms with Crippen molar-refractivity contribution < 1.29 is 24.0 Å². The van der Waals surface area contributed by atoms with Crippen LogP contribution in [0.3, 0.4) is 0 Å². The number of unbranched alkanes of at least 4 members (excludes halogenated alkanes) is 1. The minimum absolute atomic E-state index is 0.00925. The summed E-state index contributed by atoms with van der Waals surface area (Å²) in [7, 11) is 1.97. The van der Waals surface area contributed by atoms with E-state index in [1.165, 1.54) is 0 Å². The first-order valence-corrected chi connectivity index (χ1v) is 25.7. The predicted octanol–water partition coefficient (Wildman–Crippen LogP) is 13.0. The average Bonchev–Trinajstić information content (AvgIpc) is 3.91. The largest absolute Gasteiger partial charge is 0.489 e. The molecule has 11 nitrogen and oxygen atoms in total. The molecule has 0 radical (unpaired) electrons. The molecule has 4 aromatic rings. The van der Waals surface area contributed by atoms with Gasteiger partial charge in [-0.25, -0.2) is 0 Å². The third kappa shape index (κ3) is 15.8. The van der Waals surface area contributed by atoms with Crippen LogP contribution in [-0.4, -0.2) is 70.0 Å². The third-order valence-electron chi connectivity index (χ3n) is 12.4. The van der Waals surface area contributed by atoms with Gasteiger partial charge < -0.3 is 29.9 Å². The van der Waals surface area contributed by atoms with Crippen molar-refractivity contribution >= 4 is 46.6 Å². The first kappa shape index (κ1) is 53.4. The molecule has 2 aliphatic rings. The van der Waals surface area contributed by atoms with Crippen molar-refractivity contribution in [2.45, 2.75) is 128 Å². The van der Waals surface area contributed by atoms with Crippen LogP contribution in [-0.2, 0) is 17.0 Å². The van der Waals surface area contributed by atoms with Crippen LogP contribution in [0, 0.1) is 0 Å². The van der Waals surface area contributed by atoms with Gasteiger partial charge in [0.2, 0.25) is 5.91 Å². The number of nitrogens with one attached hydrogen (secondary N) is 2. The maximum Gasteiger partial charge on any atom is 0.271 e. The molecular weight excluding hydrogens is 931 g/mol. The summed E-state index contributed by atoms with van der Waals surface area (Å²) < 4.78 is 13.9. The fraction of sp³-hybridized carbons (Fsp3) is 0.455. The summed E-state index contributed by atoms with van der Waals surface area (Å²) in [4.78, 5) is 27.8. The number of hydrogen-bond donors (Lipinski definition) is 3. The maximum atomic E-state index is 13.3. The van der Waals surface area contributed by atoms with Gasteiger partial charge in [-0.1, -0.05) is 120 Å². The second-order valence-corrected chi connectivity index (χ2v) is 19.5. The molecule has 2 fully saturated rings. The van der Waals surface area contributed by atoms with Crippen LogP contribution in [0.25, 0.3) is 11.3 Å². The topological polar surface area (TPSA) is 135 Å². The van der Waals surface area contributed by atoms with Crippen LogP contribution in [0.4, 0.5) is 0 Å². The molecule has 3 N–H and O–H groups in total. The van der Waals surface area contributed by atoms with Crippen molar-refractivity contribution in [3.63, 3.8) is 0 Å². The Morgan fingerprint density at radius 2 is 1.49 bits per heavy atom. The molecule has 0 aliphatic heterocycles. The van der Waals surface area contributed by atoms with E-state index in [4.69, 9.17) is 44.1 Å². The summed E-state index contributed by atoms with van der Waals surface area (Å²) in [5.74, 6) is 1.37. The number of halogens is 3. The second kappa shape index (κ2) is 26.9. The van der Waals surface area contributed by atoms with E-state index in [0.717, 1.165) is 74.8 Å². The monoisotopic (exact) mass is 998 g/mol. The molecule has 2 aromatic heterocycles. The Kier molecular flexibility index (Phi) is 20.8. The van der Waals surface area contributed by atoms with Gasteiger partial charge in [-0.15, -0.1) is 0 Å². The molecule has 6 rings (SSSR count). The number of rotatable bonds is 28. The van der Waals surface area contributed by atoms with E-state index in [9.17, 15) is 14.7 Å². The van der Waals surface area contributed by atoms with Crippen LogP contribution in [0.2, 0.25) is 15.1 Å². The van der Waals surface area contributed by atoms with Crippen LogP contribution in [0.1, 0.15) is 149 Å². The van der Waals surface area contributed by atoms with Crippen LogP contribution < -0.4 is 15.4 Å². The quantitative estimate of drug-likeness (QED) is 0.0378. The number of allylic oxidation sites excluding steroid dienone is 10. The van der Waals surface area contributed by atoms with Gasteiger partial charge in [-0.05, 0) is 122 Å². The number of aliphatic hydroxyl groups is 1. The molecule has 69 heavy (non-hydrogen) atoms. The van der Waals surface area contributed by atoms with Gasteiger partial charge in [0.25, 0.3) is 5.91 Å². The first-order chi connectivity index (χ1) is 33.4. The summed E-state index contributed by atoms with van der Waals surface area (Å²) in [5, 5.41) is 28.2. The van der Waals surface area contributed by atoms with Crippen molar-refractivity contribution in [1.29, 1.82) is 0 Å². The number of amides is 2. The Hall–Kier alpha value is -4.91. The standard InChI is InChI=1S/C55H69Cl3N6O5/c1-5-6-7-8-9-10-11-12-13-14-15-16-17-18-19-20-21-25-50(65)59-30-32-63(4)33-31-60-54(66)48-35-49(64(61-48)39(2)3)41-36-55(67,37-41)44-29-28-42(34-47(44)58)68-38-43-52(62-69-53(43)40-26-27-40)51-45(56)23-22-24-46(51)57/h6-7,9-10,12-13,15-16,18-19,22-24,28-29,34-35,39-41,67H,5,8,11,14,17,20-21,25-27,30-33,36-38H2,1-4H3,(H,59,65)(H,60,66). The Labute approximate surface area is 423 Å². The number of benzene rings is 2. The molecule has 2 heterocycles. The first-order valence-electron chi connectivity index (χ1n) is 24.5. The predicted molar refractivity (Wildman–Crippen MR) is 279 cm³/mol. The molecule has 0 saturated heterocycles. The van der Waals surface area contributed by atoms with Crippen molar-refractivity contribution in [3.05, 3.63) is 147 Å². The van der Waals surface area contributed by atoms with Gasteiger partial charge >= 0.3 is 0 Å². The van der Waals surface area contributed by atoms with Gasteiger partial charge in [-0.3, -0.25) is 14.3 Å². The summed E-state index contributed by atoms with van der Waals surface area (Å²) >= 11 is 19.9. The van der Waals surface area contributed by atoms with Gasteiger partial charge in [0.05, 0.1) is 26.2 Å². The van der Waals surface area contributed by atoms with Crippen LogP contribution in [0.5, 0.6) is 5.75 Å². The number of ether oxygens (including phenoxy) is 1. The number of hydrogen-bond acceptors (Lipinski definition) is 8. The van der Waals surface area contributed by atoms with E-state index in [1.807, 2.05) is 43.8 Å². The summed E-state index contributed by atoms with van der Waals surface area (Å²) in [5.41, 5.74) is 2.67. The van der Waals surface area contributed by atoms with Gasteiger partial charge in [-0.2, -0.15) is 5.10 Å². The second-order valence-electron chi connectivity index (χ2n) is 18.3. The zero-order chi connectivity index (χ0) is 49.2. The number of carbonyl (C=O) groups excluding carboxylic acids is 2. The number of aromatic nitrogens is 3. The SMILES string of the molecule is CCC=CCC=CCC=CCC=CCC=CCCCC(=O)NCCN(C)CCNC(=O)c1cc(C2CC(O)(c3ccc(OCc4c(-c5c(Cl)cccc5Cl)noc4C4CC4)cc3Cl)C2)n(C(C)C)n1. The average molecular weight is 1000 g/mol. The zero-order valence-corrected chi connectivity index (χ0v) is 42.8. The third-order valence-corrected chi connectivity index (χ3v) is 13.3. The Morgan fingerprint density at radius 1 is 0.870 bits per heavy atom. The number of nitrogens with zero attached hydrogens (tertiary/aromatic N) is 4. The maximum absolute atomic E-state index is 13.3. The smallest absolute Gasteiger partial charge is 0.271 e. The lowest BCUT2D eigenvalue weighted by atomic mass is 9.66. The van der Waals surface area contributed by atoms with E-state index in [1.54, 1.807) is 24.3 Å². The Morgan fingerprint density at radius 3 is 2.10 bits per heavy atom. The van der Waals surface area contributed by atoms with Crippen LogP contribution >= 0.6 is 34.8 Å². The van der Waals surface area contributed by atoms with E-state index < -0.39 is 5.60 Å². The molecule has 0 spiro atoms. The lowest BCUT2D eigenvalue weighted by molar-refractivity contribution is -0.121. The summed E-state index contributed by atoms with van der Waals surface area (Å²) in [6.45, 7) is 8.62. The highest BCUT2D eigenvalue weighted by atomic mass is 35.5. The highest BCUT2D eigenvalue weighted by Gasteiger charge is 2.47. The molecule has 370 valence electrons. The van der Waals surface area contributed by atoms with E-state index in [0.29, 0.717) is 88.8 Å². The van der Waals surface area contributed by atoms with Crippen molar-refractivity contribution in [1.82, 2.24) is 30.5 Å². The van der Waals surface area contributed by atoms with Gasteiger partial charge in [0, 0.05) is 67.3 Å². The summed E-state index contributed by atoms with van der Waals surface area (Å²) in [6, 6.07) is 12.5. The van der Waals surface area contributed by atoms with E-state index in [-0.39, 0.29) is 36.3 Å². The Bertz CT molecular complexity index is 2440. The Balaban J connectivity index is 0.878. The fourth-order valence-electron chi connectivity index (χ4n) is 8.38. The molecule has 2 amide bonds. The lowest BCUT2D eigenvalue weighted by Gasteiger charge is -2.44. The molecule has 2 saturated carbocycles. The minimum atomic E-state index is -1.16. The van der Waals surface area contributed by atoms with Crippen LogP contribution in [0.15, 0.2) is 108 Å². The van der Waals surface area contributed by atoms with Gasteiger partial charge in [0.1, 0.15) is 29.5 Å². The number of likely N-dealkylation sites (N-methyl/N-ethyl adjacent to an activating group) is 1. The molecule has 0 bridgehead atoms. The van der Waals surface area contributed by atoms with E-state index >= 15 is 0 Å². The van der Waals surface area contributed by atoms with Crippen molar-refractivity contribution in [2.24, 2.45) is 0 Å². The molecule has 0 atom stereocenters. The van der Waals surface area contributed by atoms with Crippen molar-refractivity contribution in [2.75, 3.05) is 33.2 Å². The molecule has 2 aliphatic carbocycles. The minimum Gasteiger partial charge on any atom is -0.489 e. The number of carbonyl (C=O) groups is 2. The molecular formula is C55H69Cl3N6O5. The molecule has 0 unspecified atom stereocenters. The highest BCUT2D eigenvalue weighted by molar-refractivity contribution is 6.39. The van der Waals surface area contributed by atoms with Crippen molar-refractivity contribution in [3.8, 4) is 17.0 Å². The summed E-state index contributed by atoms with van der Waals surface area (Å²) in [6.07, 6.45) is 31.8. The normalized spacial score (nSPS) is 17.4. The molecule has 14 heteroatoms. The molecule has 2 aromatic carbocycles. The van der Waals surface area contributed by atoms with E-state index in [2.05, 4.69) is 93.5 Å². The zero-order valence-electron chi connectivity index (χ0n) is 40.6. The highest BCUT2D eigenvalue weighted by Crippen LogP contribution is 2.53.